The first kappa shape index (κ1) is 13.0. The summed E-state index contributed by atoms with van der Waals surface area (Å²) in [7, 11) is 3.31. The molecule has 1 aromatic carbocycles. The first-order chi connectivity index (χ1) is 9.83. The van der Waals surface area contributed by atoms with Crippen LogP contribution in [-0.4, -0.2) is 45.4 Å². The van der Waals surface area contributed by atoms with Crippen molar-refractivity contribution in [1.82, 2.24) is 10.3 Å². The second-order valence-corrected chi connectivity index (χ2v) is 4.82. The summed E-state index contributed by atoms with van der Waals surface area (Å²) in [5.74, 6) is 1.49. The largest absolute Gasteiger partial charge is 0.493 e. The fraction of sp³-hybridized carbons (Fsp3) is 0.400. The summed E-state index contributed by atoms with van der Waals surface area (Å²) < 4.78 is 10.8. The molecule has 1 saturated heterocycles. The molecule has 106 valence electrons. The number of anilines is 1. The lowest BCUT2D eigenvalue weighted by Crippen LogP contribution is -2.43. The SMILES string of the molecule is COc1cc2cncc(N3CCNCC3)c2cc1OC. The molecule has 0 spiro atoms. The third-order valence-electron chi connectivity index (χ3n) is 3.70. The van der Waals surface area contributed by atoms with Crippen molar-refractivity contribution in [2.75, 3.05) is 45.3 Å². The Kier molecular flexibility index (Phi) is 3.60. The number of aromatic nitrogens is 1. The van der Waals surface area contributed by atoms with Gasteiger partial charge >= 0.3 is 0 Å². The van der Waals surface area contributed by atoms with Gasteiger partial charge in [0, 0.05) is 43.1 Å². The standard InChI is InChI=1S/C15H19N3O2/c1-19-14-7-11-9-17-10-13(12(11)8-15(14)20-2)18-5-3-16-4-6-18/h7-10,16H,3-6H2,1-2H3. The molecule has 1 aromatic heterocycles. The number of fused-ring (bicyclic) bond motifs is 1. The van der Waals surface area contributed by atoms with Crippen molar-refractivity contribution >= 4 is 16.5 Å². The molecule has 2 heterocycles. The van der Waals surface area contributed by atoms with Crippen LogP contribution in [0.25, 0.3) is 10.8 Å². The van der Waals surface area contributed by atoms with E-state index in [4.69, 9.17) is 9.47 Å². The van der Waals surface area contributed by atoms with Gasteiger partial charge in [-0.05, 0) is 12.1 Å². The van der Waals surface area contributed by atoms with Crippen LogP contribution in [0, 0.1) is 0 Å². The monoisotopic (exact) mass is 273 g/mol. The topological polar surface area (TPSA) is 46.6 Å². The van der Waals surface area contributed by atoms with Crippen LogP contribution in [0.5, 0.6) is 11.5 Å². The number of hydrogen-bond donors (Lipinski definition) is 1. The summed E-state index contributed by atoms with van der Waals surface area (Å²) in [5, 5.41) is 5.59. The van der Waals surface area contributed by atoms with E-state index in [1.165, 1.54) is 0 Å². The van der Waals surface area contributed by atoms with Gasteiger partial charge in [-0.3, -0.25) is 4.98 Å². The summed E-state index contributed by atoms with van der Waals surface area (Å²) in [6, 6.07) is 4.01. The zero-order valence-electron chi connectivity index (χ0n) is 11.8. The molecule has 0 aliphatic carbocycles. The Balaban J connectivity index is 2.12. The summed E-state index contributed by atoms with van der Waals surface area (Å²) in [6.45, 7) is 4.00. The highest BCUT2D eigenvalue weighted by Gasteiger charge is 2.15. The zero-order chi connectivity index (χ0) is 13.9. The third kappa shape index (κ3) is 2.25. The van der Waals surface area contributed by atoms with E-state index in [1.807, 2.05) is 24.5 Å². The van der Waals surface area contributed by atoms with Crippen molar-refractivity contribution < 1.29 is 9.47 Å². The van der Waals surface area contributed by atoms with Gasteiger partial charge in [0.2, 0.25) is 0 Å². The minimum atomic E-state index is 0.735. The summed E-state index contributed by atoms with van der Waals surface area (Å²) >= 11 is 0. The normalized spacial score (nSPS) is 15.4. The molecule has 20 heavy (non-hydrogen) atoms. The lowest BCUT2D eigenvalue weighted by atomic mass is 10.1. The maximum atomic E-state index is 5.41. The van der Waals surface area contributed by atoms with Crippen LogP contribution in [-0.2, 0) is 0 Å². The maximum Gasteiger partial charge on any atom is 0.161 e. The van der Waals surface area contributed by atoms with E-state index in [-0.39, 0.29) is 0 Å². The van der Waals surface area contributed by atoms with Crippen LogP contribution >= 0.6 is 0 Å². The van der Waals surface area contributed by atoms with Gasteiger partial charge < -0.3 is 19.7 Å². The van der Waals surface area contributed by atoms with Gasteiger partial charge in [-0.15, -0.1) is 0 Å². The molecule has 0 amide bonds. The molecule has 3 rings (SSSR count). The minimum absolute atomic E-state index is 0.735. The van der Waals surface area contributed by atoms with E-state index in [9.17, 15) is 0 Å². The third-order valence-corrected chi connectivity index (χ3v) is 3.70. The van der Waals surface area contributed by atoms with E-state index in [0.717, 1.165) is 54.1 Å². The second-order valence-electron chi connectivity index (χ2n) is 4.82. The highest BCUT2D eigenvalue weighted by Crippen LogP contribution is 2.36. The highest BCUT2D eigenvalue weighted by atomic mass is 16.5. The molecule has 2 aromatic rings. The Hall–Kier alpha value is -2.01. The van der Waals surface area contributed by atoms with Crippen molar-refractivity contribution in [1.29, 1.82) is 0 Å². The molecule has 0 bridgehead atoms. The Morgan fingerprint density at radius 2 is 1.75 bits per heavy atom. The number of benzene rings is 1. The smallest absolute Gasteiger partial charge is 0.161 e. The summed E-state index contributed by atoms with van der Waals surface area (Å²) in [5.41, 5.74) is 1.16. The van der Waals surface area contributed by atoms with E-state index >= 15 is 0 Å². The summed E-state index contributed by atoms with van der Waals surface area (Å²) in [6.07, 6.45) is 3.79. The van der Waals surface area contributed by atoms with Gasteiger partial charge in [0.15, 0.2) is 11.5 Å². The van der Waals surface area contributed by atoms with Crippen molar-refractivity contribution in [3.8, 4) is 11.5 Å². The molecule has 1 fully saturated rings. The number of pyridine rings is 1. The number of nitrogens with one attached hydrogen (secondary N) is 1. The van der Waals surface area contributed by atoms with Gasteiger partial charge in [-0.2, -0.15) is 0 Å². The Morgan fingerprint density at radius 3 is 2.45 bits per heavy atom. The van der Waals surface area contributed by atoms with Crippen molar-refractivity contribution in [2.24, 2.45) is 0 Å². The van der Waals surface area contributed by atoms with Gasteiger partial charge in [-0.1, -0.05) is 0 Å². The number of nitrogens with zero attached hydrogens (tertiary/aromatic N) is 2. The Labute approximate surface area is 118 Å². The fourth-order valence-corrected chi connectivity index (χ4v) is 2.64. The van der Waals surface area contributed by atoms with E-state index in [1.54, 1.807) is 14.2 Å². The van der Waals surface area contributed by atoms with E-state index < -0.39 is 0 Å². The average molecular weight is 273 g/mol. The maximum absolute atomic E-state index is 5.41. The van der Waals surface area contributed by atoms with Gasteiger partial charge in [0.05, 0.1) is 26.1 Å². The van der Waals surface area contributed by atoms with Crippen LogP contribution in [0.15, 0.2) is 24.5 Å². The quantitative estimate of drug-likeness (QED) is 0.921. The molecule has 0 unspecified atom stereocenters. The number of hydrogen-bond acceptors (Lipinski definition) is 5. The highest BCUT2D eigenvalue weighted by molar-refractivity contribution is 5.95. The molecule has 1 aliphatic rings. The lowest BCUT2D eigenvalue weighted by Gasteiger charge is -2.30. The average Bonchev–Trinajstić information content (AvgIpc) is 2.53. The van der Waals surface area contributed by atoms with E-state index in [2.05, 4.69) is 15.2 Å². The molecule has 5 nitrogen and oxygen atoms in total. The van der Waals surface area contributed by atoms with Crippen LogP contribution in [0.4, 0.5) is 5.69 Å². The molecule has 0 atom stereocenters. The Bertz CT molecular complexity index is 609. The van der Waals surface area contributed by atoms with Crippen LogP contribution in [0.1, 0.15) is 0 Å². The molecular formula is C15H19N3O2. The predicted molar refractivity (Wildman–Crippen MR) is 79.9 cm³/mol. The fourth-order valence-electron chi connectivity index (χ4n) is 2.64. The van der Waals surface area contributed by atoms with Gasteiger partial charge in [-0.25, -0.2) is 0 Å². The summed E-state index contributed by atoms with van der Waals surface area (Å²) in [4.78, 5) is 6.72. The predicted octanol–water partition coefficient (Wildman–Crippen LogP) is 1.66. The van der Waals surface area contributed by atoms with Crippen LogP contribution in [0.3, 0.4) is 0 Å². The molecule has 0 saturated carbocycles. The van der Waals surface area contributed by atoms with Crippen LogP contribution < -0.4 is 19.7 Å². The van der Waals surface area contributed by atoms with E-state index in [0.29, 0.717) is 0 Å². The van der Waals surface area contributed by atoms with Crippen LogP contribution in [0.2, 0.25) is 0 Å². The number of methoxy groups -OCH3 is 2. The molecule has 0 radical (unpaired) electrons. The molecule has 1 aliphatic heterocycles. The van der Waals surface area contributed by atoms with Crippen molar-refractivity contribution in [2.45, 2.75) is 0 Å². The van der Waals surface area contributed by atoms with Gasteiger partial charge in [0.1, 0.15) is 0 Å². The zero-order valence-corrected chi connectivity index (χ0v) is 11.8. The first-order valence-corrected chi connectivity index (χ1v) is 6.79. The van der Waals surface area contributed by atoms with Crippen molar-refractivity contribution in [3.05, 3.63) is 24.5 Å². The molecule has 5 heteroatoms. The first-order valence-electron chi connectivity index (χ1n) is 6.79. The lowest BCUT2D eigenvalue weighted by molar-refractivity contribution is 0.356. The van der Waals surface area contributed by atoms with Gasteiger partial charge in [0.25, 0.3) is 0 Å². The minimum Gasteiger partial charge on any atom is -0.493 e. The number of ether oxygens (including phenoxy) is 2. The molecule has 1 N–H and O–H groups in total. The number of rotatable bonds is 3. The second kappa shape index (κ2) is 5.54. The Morgan fingerprint density at radius 1 is 1.05 bits per heavy atom. The van der Waals surface area contributed by atoms with Crippen molar-refractivity contribution in [3.63, 3.8) is 0 Å². The number of piperazine rings is 1. The molecular weight excluding hydrogens is 254 g/mol.